The molecule has 1 aromatic rings. The highest BCUT2D eigenvalue weighted by molar-refractivity contribution is 5.29. The van der Waals surface area contributed by atoms with E-state index < -0.39 is 0 Å². The van der Waals surface area contributed by atoms with Gasteiger partial charge in [0.15, 0.2) is 0 Å². The summed E-state index contributed by atoms with van der Waals surface area (Å²) < 4.78 is 5.13. The lowest BCUT2D eigenvalue weighted by Crippen LogP contribution is -2.34. The van der Waals surface area contributed by atoms with Crippen molar-refractivity contribution in [2.45, 2.75) is 19.9 Å². The van der Waals surface area contributed by atoms with Gasteiger partial charge in [-0.3, -0.25) is 0 Å². The lowest BCUT2D eigenvalue weighted by Gasteiger charge is -2.21. The number of benzene rings is 1. The number of ether oxygens (including phenoxy) is 1. The molecule has 19 heavy (non-hydrogen) atoms. The van der Waals surface area contributed by atoms with Gasteiger partial charge in [0, 0.05) is 13.1 Å². The first-order valence-electron chi connectivity index (χ1n) is 6.95. The van der Waals surface area contributed by atoms with E-state index in [0.29, 0.717) is 0 Å². The van der Waals surface area contributed by atoms with Gasteiger partial charge < -0.3 is 20.1 Å². The third kappa shape index (κ3) is 5.19. The topological polar surface area (TPSA) is 44.7 Å². The van der Waals surface area contributed by atoms with Gasteiger partial charge in [-0.2, -0.15) is 0 Å². The van der Waals surface area contributed by atoms with Crippen LogP contribution in [0.1, 0.15) is 25.5 Å². The van der Waals surface area contributed by atoms with E-state index in [1.807, 2.05) is 24.3 Å². The van der Waals surface area contributed by atoms with Crippen LogP contribution in [0.4, 0.5) is 0 Å². The molecule has 0 aromatic heterocycles. The average molecular weight is 266 g/mol. The molecule has 0 aliphatic carbocycles. The van der Waals surface area contributed by atoms with Gasteiger partial charge in [0.1, 0.15) is 5.75 Å². The van der Waals surface area contributed by atoms with Gasteiger partial charge in [-0.1, -0.05) is 26.0 Å². The van der Waals surface area contributed by atoms with Crippen molar-refractivity contribution >= 4 is 0 Å². The zero-order valence-electron chi connectivity index (χ0n) is 12.2. The number of aliphatic hydroxyl groups excluding tert-OH is 1. The number of hydrogen-bond acceptors (Lipinski definition) is 4. The van der Waals surface area contributed by atoms with Crippen molar-refractivity contribution in [2.75, 3.05) is 39.9 Å². The van der Waals surface area contributed by atoms with Crippen LogP contribution in [0.15, 0.2) is 24.3 Å². The molecule has 1 aromatic carbocycles. The van der Waals surface area contributed by atoms with E-state index in [1.165, 1.54) is 0 Å². The highest BCUT2D eigenvalue weighted by Crippen LogP contribution is 2.17. The van der Waals surface area contributed by atoms with E-state index in [0.717, 1.165) is 37.5 Å². The molecule has 0 bridgehead atoms. The molecule has 4 nitrogen and oxygen atoms in total. The van der Waals surface area contributed by atoms with Crippen molar-refractivity contribution in [2.24, 2.45) is 0 Å². The summed E-state index contributed by atoms with van der Waals surface area (Å²) in [6, 6.07) is 7.81. The zero-order chi connectivity index (χ0) is 14.1. The van der Waals surface area contributed by atoms with E-state index in [2.05, 4.69) is 24.1 Å². The summed E-state index contributed by atoms with van der Waals surface area (Å²) in [5.41, 5.74) is 1.09. The average Bonchev–Trinajstić information content (AvgIpc) is 2.48. The molecule has 108 valence electrons. The Balaban J connectivity index is 2.48. The van der Waals surface area contributed by atoms with Crippen LogP contribution < -0.4 is 10.1 Å². The molecule has 0 aliphatic rings. The summed E-state index contributed by atoms with van der Waals surface area (Å²) in [6.45, 7) is 8.42. The summed E-state index contributed by atoms with van der Waals surface area (Å²) >= 11 is 0. The van der Waals surface area contributed by atoms with E-state index in [9.17, 15) is 5.11 Å². The van der Waals surface area contributed by atoms with E-state index in [4.69, 9.17) is 4.74 Å². The van der Waals surface area contributed by atoms with Crippen LogP contribution in [-0.4, -0.2) is 49.9 Å². The third-order valence-corrected chi connectivity index (χ3v) is 3.41. The maximum Gasteiger partial charge on any atom is 0.118 e. The Labute approximate surface area is 116 Å². The van der Waals surface area contributed by atoms with Crippen molar-refractivity contribution in [1.29, 1.82) is 0 Å². The summed E-state index contributed by atoms with van der Waals surface area (Å²) in [7, 11) is 1.65. The summed E-state index contributed by atoms with van der Waals surface area (Å²) in [5, 5.41) is 12.9. The molecule has 4 heteroatoms. The largest absolute Gasteiger partial charge is 0.497 e. The number of nitrogens with one attached hydrogen (secondary N) is 1. The molecular formula is C15H26N2O2. The molecule has 0 saturated carbocycles. The van der Waals surface area contributed by atoms with Gasteiger partial charge in [0.2, 0.25) is 0 Å². The van der Waals surface area contributed by atoms with E-state index >= 15 is 0 Å². The fourth-order valence-electron chi connectivity index (χ4n) is 2.06. The molecule has 0 amide bonds. The number of hydrogen-bond donors (Lipinski definition) is 2. The molecule has 0 saturated heterocycles. The van der Waals surface area contributed by atoms with Crippen LogP contribution in [0.2, 0.25) is 0 Å². The third-order valence-electron chi connectivity index (χ3n) is 3.41. The smallest absolute Gasteiger partial charge is 0.118 e. The van der Waals surface area contributed by atoms with Gasteiger partial charge in [-0.15, -0.1) is 0 Å². The molecule has 1 rings (SSSR count). The summed E-state index contributed by atoms with van der Waals surface area (Å²) in [6.07, 6.45) is 0. The first-order valence-corrected chi connectivity index (χ1v) is 6.95. The Hall–Kier alpha value is -1.10. The van der Waals surface area contributed by atoms with Crippen LogP contribution in [0.5, 0.6) is 5.75 Å². The van der Waals surface area contributed by atoms with Crippen molar-refractivity contribution < 1.29 is 9.84 Å². The molecule has 0 aliphatic heterocycles. The summed E-state index contributed by atoms with van der Waals surface area (Å²) in [4.78, 5) is 2.36. The van der Waals surface area contributed by atoms with Crippen LogP contribution in [0, 0.1) is 0 Å². The minimum atomic E-state index is -0.0125. The number of nitrogens with zero attached hydrogens (tertiary/aromatic N) is 1. The molecule has 2 N–H and O–H groups in total. The highest BCUT2D eigenvalue weighted by atomic mass is 16.5. The molecule has 0 spiro atoms. The SMILES string of the molecule is CCN(CC)CCNC(CO)c1ccc(OC)cc1. The number of rotatable bonds is 9. The Kier molecular flexibility index (Phi) is 7.48. The normalized spacial score (nSPS) is 12.7. The van der Waals surface area contributed by atoms with Gasteiger partial charge in [0.25, 0.3) is 0 Å². The standard InChI is InChI=1S/C15H26N2O2/c1-4-17(5-2)11-10-16-15(12-18)13-6-8-14(19-3)9-7-13/h6-9,15-16,18H,4-5,10-12H2,1-3H3. The molecule has 0 heterocycles. The fraction of sp³-hybridized carbons (Fsp3) is 0.600. The van der Waals surface area contributed by atoms with E-state index in [-0.39, 0.29) is 12.6 Å². The van der Waals surface area contributed by atoms with Crippen molar-refractivity contribution in [3.05, 3.63) is 29.8 Å². The van der Waals surface area contributed by atoms with Crippen LogP contribution >= 0.6 is 0 Å². The Morgan fingerprint density at radius 1 is 1.21 bits per heavy atom. The minimum Gasteiger partial charge on any atom is -0.497 e. The summed E-state index contributed by atoms with van der Waals surface area (Å²) in [5.74, 6) is 0.837. The van der Waals surface area contributed by atoms with E-state index in [1.54, 1.807) is 7.11 Å². The van der Waals surface area contributed by atoms with Crippen LogP contribution in [0.25, 0.3) is 0 Å². The van der Waals surface area contributed by atoms with Gasteiger partial charge >= 0.3 is 0 Å². The molecule has 1 unspecified atom stereocenters. The second kappa shape index (κ2) is 8.91. The second-order valence-corrected chi connectivity index (χ2v) is 4.49. The van der Waals surface area contributed by atoms with Crippen molar-refractivity contribution in [1.82, 2.24) is 10.2 Å². The maximum atomic E-state index is 9.48. The van der Waals surface area contributed by atoms with Crippen LogP contribution in [0.3, 0.4) is 0 Å². The number of aliphatic hydroxyl groups is 1. The predicted octanol–water partition coefficient (Wildman–Crippen LogP) is 1.66. The number of methoxy groups -OCH3 is 1. The predicted molar refractivity (Wildman–Crippen MR) is 78.6 cm³/mol. The maximum absolute atomic E-state index is 9.48. The molecule has 1 atom stereocenters. The lowest BCUT2D eigenvalue weighted by atomic mass is 10.1. The molecule has 0 radical (unpaired) electrons. The van der Waals surface area contributed by atoms with Crippen LogP contribution in [-0.2, 0) is 0 Å². The minimum absolute atomic E-state index is 0.0125. The molecule has 0 fully saturated rings. The van der Waals surface area contributed by atoms with Gasteiger partial charge in [-0.25, -0.2) is 0 Å². The first kappa shape index (κ1) is 16.0. The Morgan fingerprint density at radius 3 is 2.32 bits per heavy atom. The van der Waals surface area contributed by atoms with Crippen molar-refractivity contribution in [3.8, 4) is 5.75 Å². The molecular weight excluding hydrogens is 240 g/mol. The number of likely N-dealkylation sites (N-methyl/N-ethyl adjacent to an activating group) is 1. The highest BCUT2D eigenvalue weighted by Gasteiger charge is 2.10. The lowest BCUT2D eigenvalue weighted by molar-refractivity contribution is 0.233. The van der Waals surface area contributed by atoms with Crippen molar-refractivity contribution in [3.63, 3.8) is 0 Å². The quantitative estimate of drug-likeness (QED) is 0.713. The fourth-order valence-corrected chi connectivity index (χ4v) is 2.06. The monoisotopic (exact) mass is 266 g/mol. The Morgan fingerprint density at radius 2 is 1.84 bits per heavy atom. The first-order chi connectivity index (χ1) is 9.24. The zero-order valence-corrected chi connectivity index (χ0v) is 12.2. The Bertz CT molecular complexity index is 337. The second-order valence-electron chi connectivity index (χ2n) is 4.49. The van der Waals surface area contributed by atoms with Gasteiger partial charge in [0.05, 0.1) is 19.8 Å². The van der Waals surface area contributed by atoms with Gasteiger partial charge in [-0.05, 0) is 30.8 Å².